The number of rotatable bonds is 5. The van der Waals surface area contributed by atoms with Crippen molar-refractivity contribution in [2.24, 2.45) is 5.73 Å². The summed E-state index contributed by atoms with van der Waals surface area (Å²) in [7, 11) is 0. The minimum atomic E-state index is -0.412. The van der Waals surface area contributed by atoms with E-state index in [1.54, 1.807) is 35.2 Å². The van der Waals surface area contributed by atoms with Crippen LogP contribution in [0.5, 0.6) is 0 Å². The smallest absolute Gasteiger partial charge is 0.225 e. The van der Waals surface area contributed by atoms with E-state index in [1.807, 2.05) is 18.2 Å². The third kappa shape index (κ3) is 3.78. The number of benzene rings is 1. The lowest BCUT2D eigenvalue weighted by Crippen LogP contribution is -2.16. The molecule has 9 heteroatoms. The highest BCUT2D eigenvalue weighted by Gasteiger charge is 2.12. The number of hydrogen-bond donors (Lipinski definition) is 2. The summed E-state index contributed by atoms with van der Waals surface area (Å²) in [6.45, 7) is 0. The number of fused-ring (bicyclic) bond motifs is 1. The van der Waals surface area contributed by atoms with Crippen molar-refractivity contribution in [2.75, 3.05) is 5.32 Å². The number of carbonyl (C=O) groups excluding carboxylic acids is 1. The molecule has 1 atom stereocenters. The van der Waals surface area contributed by atoms with Gasteiger partial charge in [0.1, 0.15) is 5.83 Å². The molecule has 8 nitrogen and oxygen atoms in total. The molecule has 0 spiro atoms. The highest BCUT2D eigenvalue weighted by molar-refractivity contribution is 5.77. The summed E-state index contributed by atoms with van der Waals surface area (Å²) < 4.78 is 14.9. The largest absolute Gasteiger partial charge is 0.369 e. The zero-order chi connectivity index (χ0) is 19.5. The second kappa shape index (κ2) is 7.39. The molecule has 0 saturated heterocycles. The van der Waals surface area contributed by atoms with E-state index < -0.39 is 5.91 Å². The molecule has 2 heterocycles. The minimum Gasteiger partial charge on any atom is -0.369 e. The zero-order valence-corrected chi connectivity index (χ0v) is 14.7. The topological polar surface area (TPSA) is 112 Å². The lowest BCUT2D eigenvalue weighted by Gasteiger charge is -2.10. The van der Waals surface area contributed by atoms with E-state index in [0.717, 1.165) is 5.56 Å². The van der Waals surface area contributed by atoms with E-state index in [2.05, 4.69) is 25.6 Å². The first-order chi connectivity index (χ1) is 13.6. The normalized spacial score (nSPS) is 16.0. The summed E-state index contributed by atoms with van der Waals surface area (Å²) >= 11 is 0. The molecule has 4 rings (SSSR count). The molecule has 1 aromatic carbocycles. The summed E-state index contributed by atoms with van der Waals surface area (Å²) in [6, 6.07) is 7.00. The van der Waals surface area contributed by atoms with Crippen molar-refractivity contribution in [1.82, 2.24) is 25.0 Å². The van der Waals surface area contributed by atoms with Gasteiger partial charge in [0.05, 0.1) is 24.3 Å². The van der Waals surface area contributed by atoms with Gasteiger partial charge in [-0.1, -0.05) is 35.6 Å². The summed E-state index contributed by atoms with van der Waals surface area (Å²) in [4.78, 5) is 19.9. The van der Waals surface area contributed by atoms with Crippen LogP contribution in [0.2, 0.25) is 0 Å². The van der Waals surface area contributed by atoms with Gasteiger partial charge in [-0.2, -0.15) is 9.67 Å². The first-order valence-electron chi connectivity index (χ1n) is 8.53. The van der Waals surface area contributed by atoms with Crippen LogP contribution in [-0.2, 0) is 11.2 Å². The molecular weight excluding hydrogens is 361 g/mol. The number of amides is 1. The standard InChI is InChI=1S/C19H16FN7O/c20-13-4-2-5-14(8-7-13)23-19-22-11-16-18(24-19)27(26-25-16)15-6-1-3-12(9-15)10-17(21)28/h1-9,11,14H,10H2,(H2,21,28)(H,22,23,24). The Hall–Kier alpha value is -3.88. The van der Waals surface area contributed by atoms with Crippen molar-refractivity contribution in [2.45, 2.75) is 12.5 Å². The molecule has 140 valence electrons. The maximum Gasteiger partial charge on any atom is 0.225 e. The van der Waals surface area contributed by atoms with Crippen LogP contribution < -0.4 is 11.1 Å². The van der Waals surface area contributed by atoms with Crippen LogP contribution in [0.4, 0.5) is 10.3 Å². The predicted molar refractivity (Wildman–Crippen MR) is 102 cm³/mol. The van der Waals surface area contributed by atoms with Gasteiger partial charge in [-0.15, -0.1) is 5.10 Å². The Labute approximate surface area is 159 Å². The SMILES string of the molecule is NC(=O)Cc1cccc(-n2nnc3cnc(NC4C=CC=C(F)C=C4)nc32)c1. The van der Waals surface area contributed by atoms with E-state index in [1.165, 1.54) is 12.2 Å². The molecule has 28 heavy (non-hydrogen) atoms. The van der Waals surface area contributed by atoms with E-state index in [0.29, 0.717) is 22.8 Å². The van der Waals surface area contributed by atoms with Gasteiger partial charge in [-0.05, 0) is 29.8 Å². The quantitative estimate of drug-likeness (QED) is 0.703. The molecule has 0 fully saturated rings. The second-order valence-corrected chi connectivity index (χ2v) is 6.18. The van der Waals surface area contributed by atoms with Gasteiger partial charge in [0.2, 0.25) is 11.9 Å². The molecule has 1 unspecified atom stereocenters. The number of halogens is 1. The van der Waals surface area contributed by atoms with Crippen molar-refractivity contribution < 1.29 is 9.18 Å². The van der Waals surface area contributed by atoms with Gasteiger partial charge in [-0.25, -0.2) is 9.37 Å². The zero-order valence-electron chi connectivity index (χ0n) is 14.7. The van der Waals surface area contributed by atoms with Crippen molar-refractivity contribution in [3.05, 3.63) is 72.2 Å². The molecule has 0 bridgehead atoms. The Bertz CT molecular complexity index is 1130. The van der Waals surface area contributed by atoms with Gasteiger partial charge >= 0.3 is 0 Å². The predicted octanol–water partition coefficient (Wildman–Crippen LogP) is 2.00. The number of primary amides is 1. The molecule has 1 aliphatic carbocycles. The second-order valence-electron chi connectivity index (χ2n) is 6.18. The van der Waals surface area contributed by atoms with Crippen LogP contribution in [-0.4, -0.2) is 36.9 Å². The van der Waals surface area contributed by atoms with Crippen molar-refractivity contribution >= 4 is 23.0 Å². The minimum absolute atomic E-state index is 0.132. The average molecular weight is 377 g/mol. The number of nitrogens with two attached hydrogens (primary N) is 1. The van der Waals surface area contributed by atoms with E-state index in [-0.39, 0.29) is 18.3 Å². The van der Waals surface area contributed by atoms with Crippen molar-refractivity contribution in [3.63, 3.8) is 0 Å². The van der Waals surface area contributed by atoms with Gasteiger partial charge in [0.15, 0.2) is 11.2 Å². The van der Waals surface area contributed by atoms with Crippen LogP contribution >= 0.6 is 0 Å². The summed E-state index contributed by atoms with van der Waals surface area (Å²) in [5.41, 5.74) is 7.76. The van der Waals surface area contributed by atoms with Crippen molar-refractivity contribution in [1.29, 1.82) is 0 Å². The fourth-order valence-corrected chi connectivity index (χ4v) is 2.80. The molecule has 2 aromatic heterocycles. The number of hydrogen-bond acceptors (Lipinski definition) is 6. The number of anilines is 1. The van der Waals surface area contributed by atoms with E-state index in [4.69, 9.17) is 5.73 Å². The maximum absolute atomic E-state index is 13.3. The lowest BCUT2D eigenvalue weighted by molar-refractivity contribution is -0.117. The van der Waals surface area contributed by atoms with Crippen LogP contribution in [0.3, 0.4) is 0 Å². The van der Waals surface area contributed by atoms with E-state index in [9.17, 15) is 9.18 Å². The number of nitrogens with zero attached hydrogens (tertiary/aromatic N) is 5. The monoisotopic (exact) mass is 377 g/mol. The van der Waals surface area contributed by atoms with Gasteiger partial charge in [0.25, 0.3) is 0 Å². The Morgan fingerprint density at radius 2 is 2.21 bits per heavy atom. The fourth-order valence-electron chi connectivity index (χ4n) is 2.80. The van der Waals surface area contributed by atoms with Crippen LogP contribution in [0.25, 0.3) is 16.9 Å². The molecule has 0 aliphatic heterocycles. The molecular formula is C19H16FN7O. The maximum atomic E-state index is 13.3. The van der Waals surface area contributed by atoms with Gasteiger partial charge in [-0.3, -0.25) is 4.79 Å². The Morgan fingerprint density at radius 1 is 1.32 bits per heavy atom. The highest BCUT2D eigenvalue weighted by atomic mass is 19.1. The van der Waals surface area contributed by atoms with E-state index >= 15 is 0 Å². The van der Waals surface area contributed by atoms with Crippen LogP contribution in [0.1, 0.15) is 5.56 Å². The fraction of sp³-hybridized carbons (Fsp3) is 0.105. The first-order valence-corrected chi connectivity index (χ1v) is 8.53. The summed E-state index contributed by atoms with van der Waals surface area (Å²) in [5.74, 6) is -0.383. The van der Waals surface area contributed by atoms with Crippen LogP contribution in [0, 0.1) is 0 Å². The average Bonchev–Trinajstić information content (AvgIpc) is 2.98. The Morgan fingerprint density at radius 3 is 3.07 bits per heavy atom. The Balaban J connectivity index is 1.65. The first kappa shape index (κ1) is 17.5. The molecule has 3 N–H and O–H groups in total. The number of allylic oxidation sites excluding steroid dienone is 4. The molecule has 0 radical (unpaired) electrons. The summed E-state index contributed by atoms with van der Waals surface area (Å²) in [6.07, 6.45) is 9.54. The molecule has 0 saturated carbocycles. The van der Waals surface area contributed by atoms with Gasteiger partial charge in [0, 0.05) is 0 Å². The highest BCUT2D eigenvalue weighted by Crippen LogP contribution is 2.17. The number of nitrogens with one attached hydrogen (secondary N) is 1. The Kier molecular flexibility index (Phi) is 4.63. The van der Waals surface area contributed by atoms with Crippen molar-refractivity contribution in [3.8, 4) is 5.69 Å². The number of aromatic nitrogens is 5. The molecule has 1 amide bonds. The van der Waals surface area contributed by atoms with Crippen LogP contribution in [0.15, 0.2) is 66.7 Å². The lowest BCUT2D eigenvalue weighted by atomic mass is 10.1. The summed E-state index contributed by atoms with van der Waals surface area (Å²) in [5, 5.41) is 11.3. The molecule has 3 aromatic rings. The molecule has 1 aliphatic rings. The third-order valence-electron chi connectivity index (χ3n) is 4.06. The third-order valence-corrected chi connectivity index (χ3v) is 4.06. The van der Waals surface area contributed by atoms with Gasteiger partial charge < -0.3 is 11.1 Å². The number of carbonyl (C=O) groups is 1.